The van der Waals surface area contributed by atoms with Crippen LogP contribution < -0.4 is 14.2 Å². The first-order valence-corrected chi connectivity index (χ1v) is 8.57. The molecule has 0 aliphatic carbocycles. The van der Waals surface area contributed by atoms with E-state index in [0.29, 0.717) is 22.8 Å². The molecule has 0 amide bonds. The number of aliphatic hydroxyl groups excluding tert-OH is 1. The summed E-state index contributed by atoms with van der Waals surface area (Å²) in [5.74, 6) is 1.31. The van der Waals surface area contributed by atoms with E-state index in [1.165, 1.54) is 32.4 Å². The monoisotopic (exact) mass is 348 g/mol. The van der Waals surface area contributed by atoms with E-state index < -0.39 is 16.1 Å². The predicted octanol–water partition coefficient (Wildman–Crippen LogP) is 2.23. The third kappa shape index (κ3) is 2.83. The molecular formula is C17H16O6S. The summed E-state index contributed by atoms with van der Waals surface area (Å²) in [5, 5.41) is 10.2. The molecule has 126 valence electrons. The second kappa shape index (κ2) is 6.18. The minimum absolute atomic E-state index is 0.0210. The Bertz CT molecular complexity index is 901. The Kier molecular flexibility index (Phi) is 4.21. The van der Waals surface area contributed by atoms with Gasteiger partial charge in [0.25, 0.3) is 0 Å². The molecule has 0 bridgehead atoms. The van der Waals surface area contributed by atoms with Gasteiger partial charge in [-0.05, 0) is 36.4 Å². The number of hydrogen-bond acceptors (Lipinski definition) is 6. The van der Waals surface area contributed by atoms with Gasteiger partial charge in [0.2, 0.25) is 16.1 Å². The Labute approximate surface area is 139 Å². The van der Waals surface area contributed by atoms with Crippen molar-refractivity contribution in [3.8, 4) is 17.2 Å². The van der Waals surface area contributed by atoms with E-state index in [4.69, 9.17) is 14.2 Å². The van der Waals surface area contributed by atoms with Gasteiger partial charge in [-0.1, -0.05) is 6.07 Å². The SMILES string of the molecule is COc1cccc(S(=O)(=O)C2=Cc3ccc(OC)cc3OC2O)c1. The molecule has 0 saturated heterocycles. The van der Waals surface area contributed by atoms with Crippen LogP contribution in [0.25, 0.3) is 6.08 Å². The van der Waals surface area contributed by atoms with Gasteiger partial charge in [-0.2, -0.15) is 0 Å². The molecular weight excluding hydrogens is 332 g/mol. The quantitative estimate of drug-likeness (QED) is 0.912. The highest BCUT2D eigenvalue weighted by molar-refractivity contribution is 7.95. The zero-order chi connectivity index (χ0) is 17.3. The highest BCUT2D eigenvalue weighted by atomic mass is 32.2. The van der Waals surface area contributed by atoms with Crippen LogP contribution in [0.2, 0.25) is 0 Å². The number of methoxy groups -OCH3 is 2. The number of hydrogen-bond donors (Lipinski definition) is 1. The molecule has 2 aromatic rings. The molecule has 0 aromatic heterocycles. The Balaban J connectivity index is 2.07. The first-order chi connectivity index (χ1) is 11.5. The summed E-state index contributed by atoms with van der Waals surface area (Å²) in [5.41, 5.74) is 0.544. The van der Waals surface area contributed by atoms with Crippen molar-refractivity contribution >= 4 is 15.9 Å². The van der Waals surface area contributed by atoms with Crippen LogP contribution in [0.1, 0.15) is 5.56 Å². The van der Waals surface area contributed by atoms with Gasteiger partial charge in [-0.25, -0.2) is 8.42 Å². The Morgan fingerprint density at radius 2 is 1.75 bits per heavy atom. The van der Waals surface area contributed by atoms with Crippen molar-refractivity contribution in [2.75, 3.05) is 14.2 Å². The van der Waals surface area contributed by atoms with Crippen molar-refractivity contribution in [1.29, 1.82) is 0 Å². The first-order valence-electron chi connectivity index (χ1n) is 7.09. The van der Waals surface area contributed by atoms with Gasteiger partial charge in [-0.3, -0.25) is 0 Å². The molecule has 0 spiro atoms. The van der Waals surface area contributed by atoms with Crippen molar-refractivity contribution in [1.82, 2.24) is 0 Å². The predicted molar refractivity (Wildman–Crippen MR) is 87.8 cm³/mol. The average Bonchev–Trinajstić information content (AvgIpc) is 2.60. The van der Waals surface area contributed by atoms with Crippen molar-refractivity contribution in [3.05, 3.63) is 52.9 Å². The van der Waals surface area contributed by atoms with Gasteiger partial charge >= 0.3 is 0 Å². The lowest BCUT2D eigenvalue weighted by Gasteiger charge is -2.23. The maximum absolute atomic E-state index is 12.8. The van der Waals surface area contributed by atoms with Crippen LogP contribution in [-0.4, -0.2) is 34.0 Å². The maximum atomic E-state index is 12.8. The number of ether oxygens (including phenoxy) is 3. The zero-order valence-corrected chi connectivity index (χ0v) is 13.9. The van der Waals surface area contributed by atoms with Gasteiger partial charge < -0.3 is 19.3 Å². The topological polar surface area (TPSA) is 82.1 Å². The van der Waals surface area contributed by atoms with Crippen LogP contribution >= 0.6 is 0 Å². The standard InChI is InChI=1S/C17H16O6S/c1-21-12-4-3-5-14(9-12)24(19,20)16-8-11-6-7-13(22-2)10-15(11)23-17(16)18/h3-10,17-18H,1-2H3. The second-order valence-corrected chi connectivity index (χ2v) is 7.05. The van der Waals surface area contributed by atoms with Crippen LogP contribution in [0.4, 0.5) is 0 Å². The summed E-state index contributed by atoms with van der Waals surface area (Å²) in [6.45, 7) is 0. The van der Waals surface area contributed by atoms with Gasteiger partial charge in [-0.15, -0.1) is 0 Å². The van der Waals surface area contributed by atoms with Crippen LogP contribution in [0.3, 0.4) is 0 Å². The summed E-state index contributed by atoms with van der Waals surface area (Å²) < 4.78 is 41.1. The maximum Gasteiger partial charge on any atom is 0.235 e. The molecule has 3 rings (SSSR count). The van der Waals surface area contributed by atoms with Crippen molar-refractivity contribution in [2.24, 2.45) is 0 Å². The van der Waals surface area contributed by atoms with E-state index in [0.717, 1.165) is 0 Å². The lowest BCUT2D eigenvalue weighted by molar-refractivity contribution is 0.0188. The van der Waals surface area contributed by atoms with Crippen LogP contribution in [-0.2, 0) is 9.84 Å². The molecule has 7 heteroatoms. The molecule has 0 radical (unpaired) electrons. The molecule has 0 fully saturated rings. The van der Waals surface area contributed by atoms with Crippen LogP contribution in [0.15, 0.2) is 52.3 Å². The van der Waals surface area contributed by atoms with Gasteiger partial charge in [0.1, 0.15) is 22.2 Å². The highest BCUT2D eigenvalue weighted by Gasteiger charge is 2.32. The van der Waals surface area contributed by atoms with Crippen molar-refractivity contribution in [2.45, 2.75) is 11.2 Å². The van der Waals surface area contributed by atoms with Gasteiger partial charge in [0.15, 0.2) is 0 Å². The smallest absolute Gasteiger partial charge is 0.235 e. The third-order valence-electron chi connectivity index (χ3n) is 3.66. The molecule has 0 saturated carbocycles. The Morgan fingerprint density at radius 3 is 2.46 bits per heavy atom. The number of benzene rings is 2. The minimum Gasteiger partial charge on any atom is -0.497 e. The minimum atomic E-state index is -3.93. The number of aliphatic hydroxyl groups is 1. The first kappa shape index (κ1) is 16.4. The lowest BCUT2D eigenvalue weighted by Crippen LogP contribution is -2.27. The van der Waals surface area contributed by atoms with Crippen molar-refractivity contribution in [3.63, 3.8) is 0 Å². The molecule has 1 aliphatic rings. The third-order valence-corrected chi connectivity index (χ3v) is 5.48. The molecule has 6 nitrogen and oxygen atoms in total. The number of sulfone groups is 1. The fourth-order valence-electron chi connectivity index (χ4n) is 2.38. The fraction of sp³-hybridized carbons (Fsp3) is 0.176. The van der Waals surface area contributed by atoms with E-state index in [9.17, 15) is 13.5 Å². The molecule has 1 aliphatic heterocycles. The fourth-order valence-corrected chi connectivity index (χ4v) is 3.78. The normalized spacial score (nSPS) is 16.6. The summed E-state index contributed by atoms with van der Waals surface area (Å²) in [7, 11) is -0.966. The molecule has 2 aromatic carbocycles. The summed E-state index contributed by atoms with van der Waals surface area (Å²) in [6.07, 6.45) is -0.196. The summed E-state index contributed by atoms with van der Waals surface area (Å²) in [4.78, 5) is -0.207. The number of rotatable bonds is 4. The number of fused-ring (bicyclic) bond motifs is 1. The van der Waals surface area contributed by atoms with Gasteiger partial charge in [0, 0.05) is 11.6 Å². The van der Waals surface area contributed by atoms with E-state index in [1.807, 2.05) is 0 Å². The zero-order valence-electron chi connectivity index (χ0n) is 13.1. The van der Waals surface area contributed by atoms with Crippen LogP contribution in [0.5, 0.6) is 17.2 Å². The average molecular weight is 348 g/mol. The van der Waals surface area contributed by atoms with Crippen molar-refractivity contribution < 1.29 is 27.7 Å². The van der Waals surface area contributed by atoms with Crippen LogP contribution in [0, 0.1) is 0 Å². The van der Waals surface area contributed by atoms with Gasteiger partial charge in [0.05, 0.1) is 19.1 Å². The Hall–Kier alpha value is -2.51. The second-order valence-electron chi connectivity index (χ2n) is 5.10. The van der Waals surface area contributed by atoms with E-state index >= 15 is 0 Å². The molecule has 1 N–H and O–H groups in total. The largest absolute Gasteiger partial charge is 0.497 e. The summed E-state index contributed by atoms with van der Waals surface area (Å²) in [6, 6.07) is 11.0. The summed E-state index contributed by atoms with van der Waals surface area (Å²) >= 11 is 0. The molecule has 1 unspecified atom stereocenters. The lowest BCUT2D eigenvalue weighted by atomic mass is 10.1. The van der Waals surface area contributed by atoms with E-state index in [2.05, 4.69) is 0 Å². The molecule has 1 atom stereocenters. The molecule has 1 heterocycles. The Morgan fingerprint density at radius 1 is 1.04 bits per heavy atom. The highest BCUT2D eigenvalue weighted by Crippen LogP contribution is 2.36. The van der Waals surface area contributed by atoms with E-state index in [-0.39, 0.29) is 9.80 Å². The van der Waals surface area contributed by atoms with E-state index in [1.54, 1.807) is 30.3 Å². The molecule has 24 heavy (non-hydrogen) atoms.